The number of carbonyl (C=O) groups is 1. The van der Waals surface area contributed by atoms with E-state index in [2.05, 4.69) is 16.1 Å². The van der Waals surface area contributed by atoms with Crippen LogP contribution in [0.5, 0.6) is 0 Å². The van der Waals surface area contributed by atoms with Crippen molar-refractivity contribution in [2.45, 2.75) is 0 Å². The van der Waals surface area contributed by atoms with Crippen LogP contribution in [-0.2, 0) is 4.84 Å². The summed E-state index contributed by atoms with van der Waals surface area (Å²) in [7, 11) is 0. The summed E-state index contributed by atoms with van der Waals surface area (Å²) >= 11 is 0. The van der Waals surface area contributed by atoms with Crippen molar-refractivity contribution in [1.29, 1.82) is 0 Å². The fourth-order valence-corrected chi connectivity index (χ4v) is 0.181. The Morgan fingerprint density at radius 2 is 2.38 bits per heavy atom. The molecule has 0 atom stereocenters. The van der Waals surface area contributed by atoms with Gasteiger partial charge in [-0.1, -0.05) is 0 Å². The third-order valence-corrected chi connectivity index (χ3v) is 0.419. The van der Waals surface area contributed by atoms with E-state index in [1.54, 1.807) is 0 Å². The highest BCUT2D eigenvalue weighted by Crippen LogP contribution is 1.60. The summed E-state index contributed by atoms with van der Waals surface area (Å²) < 4.78 is 0. The Labute approximate surface area is 46.9 Å². The van der Waals surface area contributed by atoms with Crippen LogP contribution in [-0.4, -0.2) is 19.2 Å². The summed E-state index contributed by atoms with van der Waals surface area (Å²) in [6.45, 7) is 0.830. The zero-order valence-electron chi connectivity index (χ0n) is 4.39. The third-order valence-electron chi connectivity index (χ3n) is 0.419. The monoisotopic (exact) mass is 119 g/mol. The van der Waals surface area contributed by atoms with Gasteiger partial charge in [-0.3, -0.25) is 0 Å². The van der Waals surface area contributed by atoms with Crippen LogP contribution >= 0.6 is 0 Å². The molecule has 0 rings (SSSR count). The van der Waals surface area contributed by atoms with Crippen molar-refractivity contribution in [1.82, 2.24) is 5.48 Å². The van der Waals surface area contributed by atoms with E-state index in [0.717, 1.165) is 0 Å². The second-order valence-corrected chi connectivity index (χ2v) is 1.10. The number of nitrogens with two attached hydrogens (primary N) is 2. The van der Waals surface area contributed by atoms with Gasteiger partial charge < -0.3 is 16.3 Å². The van der Waals surface area contributed by atoms with E-state index in [1.807, 2.05) is 0 Å². The molecule has 1 amide bonds. The Morgan fingerprint density at radius 1 is 1.75 bits per heavy atom. The molecule has 0 radical (unpaired) electrons. The quantitative estimate of drug-likeness (QED) is 0.313. The SMILES string of the molecule is NCCNOC(N)=O. The van der Waals surface area contributed by atoms with Crippen LogP contribution in [0, 0.1) is 0 Å². The Morgan fingerprint density at radius 3 is 2.75 bits per heavy atom. The van der Waals surface area contributed by atoms with Gasteiger partial charge in [-0.05, 0) is 0 Å². The van der Waals surface area contributed by atoms with Crippen LogP contribution < -0.4 is 16.9 Å². The van der Waals surface area contributed by atoms with Gasteiger partial charge in [-0.2, -0.15) is 5.48 Å². The molecule has 8 heavy (non-hydrogen) atoms. The van der Waals surface area contributed by atoms with Gasteiger partial charge in [0.2, 0.25) is 0 Å². The minimum atomic E-state index is -0.849. The zero-order valence-corrected chi connectivity index (χ0v) is 4.39. The van der Waals surface area contributed by atoms with E-state index in [0.29, 0.717) is 13.1 Å². The number of primary amides is 1. The first kappa shape index (κ1) is 7.19. The van der Waals surface area contributed by atoms with Crippen molar-refractivity contribution in [3.8, 4) is 0 Å². The number of amides is 1. The van der Waals surface area contributed by atoms with Crippen LogP contribution in [0.3, 0.4) is 0 Å². The minimum absolute atomic E-state index is 0.410. The topological polar surface area (TPSA) is 90.4 Å². The van der Waals surface area contributed by atoms with Crippen LogP contribution in [0.25, 0.3) is 0 Å². The molecular formula is C3H9N3O2. The van der Waals surface area contributed by atoms with Crippen LogP contribution in [0.2, 0.25) is 0 Å². The van der Waals surface area contributed by atoms with Gasteiger partial charge >= 0.3 is 6.09 Å². The highest BCUT2D eigenvalue weighted by Gasteiger charge is 1.87. The molecule has 5 heteroatoms. The fourth-order valence-electron chi connectivity index (χ4n) is 0.181. The van der Waals surface area contributed by atoms with E-state index in [-0.39, 0.29) is 0 Å². The fraction of sp³-hybridized carbons (Fsp3) is 0.667. The number of nitrogens with one attached hydrogen (secondary N) is 1. The molecule has 0 unspecified atom stereocenters. The van der Waals surface area contributed by atoms with Crippen LogP contribution in [0.15, 0.2) is 0 Å². The molecule has 0 fully saturated rings. The van der Waals surface area contributed by atoms with Crippen molar-refractivity contribution in [2.75, 3.05) is 13.1 Å². The molecule has 0 aromatic heterocycles. The molecule has 0 heterocycles. The normalized spacial score (nSPS) is 8.62. The molecule has 0 aromatic carbocycles. The Hall–Kier alpha value is -0.810. The molecular weight excluding hydrogens is 110 g/mol. The zero-order chi connectivity index (χ0) is 6.41. The molecule has 5 N–H and O–H groups in total. The first-order chi connectivity index (χ1) is 3.77. The van der Waals surface area contributed by atoms with Gasteiger partial charge in [-0.15, -0.1) is 0 Å². The first-order valence-electron chi connectivity index (χ1n) is 2.16. The average Bonchev–Trinajstić information content (AvgIpc) is 1.66. The Balaban J connectivity index is 2.82. The molecule has 0 saturated heterocycles. The smallest absolute Gasteiger partial charge is 0.354 e. The average molecular weight is 119 g/mol. The second-order valence-electron chi connectivity index (χ2n) is 1.10. The largest absolute Gasteiger partial charge is 0.423 e. The predicted molar refractivity (Wildman–Crippen MR) is 27.7 cm³/mol. The molecule has 0 aliphatic rings. The molecule has 0 saturated carbocycles. The van der Waals surface area contributed by atoms with E-state index in [1.165, 1.54) is 0 Å². The number of carbonyl (C=O) groups excluding carboxylic acids is 1. The van der Waals surface area contributed by atoms with Gasteiger partial charge in [0, 0.05) is 13.1 Å². The molecule has 0 aliphatic heterocycles. The molecule has 0 aliphatic carbocycles. The lowest BCUT2D eigenvalue weighted by molar-refractivity contribution is 0.100. The van der Waals surface area contributed by atoms with E-state index in [9.17, 15) is 4.79 Å². The Bertz CT molecular complexity index is 74.9. The molecule has 0 aromatic rings. The first-order valence-corrected chi connectivity index (χ1v) is 2.16. The van der Waals surface area contributed by atoms with Crippen molar-refractivity contribution in [2.24, 2.45) is 11.5 Å². The lowest BCUT2D eigenvalue weighted by Gasteiger charge is -1.97. The second kappa shape index (κ2) is 4.35. The number of rotatable bonds is 3. The van der Waals surface area contributed by atoms with Gasteiger partial charge in [0.1, 0.15) is 0 Å². The van der Waals surface area contributed by atoms with E-state index in [4.69, 9.17) is 5.73 Å². The van der Waals surface area contributed by atoms with E-state index >= 15 is 0 Å². The van der Waals surface area contributed by atoms with Crippen molar-refractivity contribution in [3.05, 3.63) is 0 Å². The maximum atomic E-state index is 9.77. The standard InChI is InChI=1S/C3H9N3O2/c4-1-2-6-8-3(5)7/h6H,1-2,4H2,(H2,5,7). The van der Waals surface area contributed by atoms with Crippen molar-refractivity contribution < 1.29 is 9.63 Å². The van der Waals surface area contributed by atoms with Crippen molar-refractivity contribution >= 4 is 6.09 Å². The summed E-state index contributed by atoms with van der Waals surface area (Å²) in [6, 6.07) is 0. The number of hydrogen-bond donors (Lipinski definition) is 3. The third kappa shape index (κ3) is 5.19. The van der Waals surface area contributed by atoms with Gasteiger partial charge in [0.25, 0.3) is 0 Å². The van der Waals surface area contributed by atoms with E-state index < -0.39 is 6.09 Å². The van der Waals surface area contributed by atoms with Crippen molar-refractivity contribution in [3.63, 3.8) is 0 Å². The Kier molecular flexibility index (Phi) is 3.91. The summed E-state index contributed by atoms with van der Waals surface area (Å²) in [6.07, 6.45) is -0.849. The van der Waals surface area contributed by atoms with Gasteiger partial charge in [0.15, 0.2) is 0 Å². The lowest BCUT2D eigenvalue weighted by atomic mass is 10.7. The number of hydrogen-bond acceptors (Lipinski definition) is 4. The molecule has 5 nitrogen and oxygen atoms in total. The minimum Gasteiger partial charge on any atom is -0.354 e. The molecule has 0 spiro atoms. The predicted octanol–water partition coefficient (Wildman–Crippen LogP) is -1.46. The van der Waals surface area contributed by atoms with Gasteiger partial charge in [-0.25, -0.2) is 4.79 Å². The maximum Gasteiger partial charge on any atom is 0.423 e. The highest BCUT2D eigenvalue weighted by molar-refractivity contribution is 5.64. The summed E-state index contributed by atoms with van der Waals surface area (Å²) in [5.74, 6) is 0. The molecule has 0 bridgehead atoms. The van der Waals surface area contributed by atoms with Crippen LogP contribution in [0.1, 0.15) is 0 Å². The number of hydroxylamine groups is 1. The van der Waals surface area contributed by atoms with Gasteiger partial charge in [0.05, 0.1) is 0 Å². The summed E-state index contributed by atoms with van der Waals surface area (Å²) in [4.78, 5) is 13.9. The maximum absolute atomic E-state index is 9.77. The van der Waals surface area contributed by atoms with Crippen LogP contribution in [0.4, 0.5) is 4.79 Å². The summed E-state index contributed by atoms with van der Waals surface area (Å²) in [5.41, 5.74) is 11.8. The lowest BCUT2D eigenvalue weighted by Crippen LogP contribution is -2.28. The highest BCUT2D eigenvalue weighted by atomic mass is 16.7. The molecule has 48 valence electrons. The summed E-state index contributed by atoms with van der Waals surface area (Å²) in [5, 5.41) is 0.